The molecule has 0 fully saturated rings. The van der Waals surface area contributed by atoms with E-state index in [0.717, 1.165) is 12.0 Å². The molecule has 0 amide bonds. The first-order valence-electron chi connectivity index (χ1n) is 5.79. The van der Waals surface area contributed by atoms with E-state index in [0.29, 0.717) is 6.54 Å². The van der Waals surface area contributed by atoms with E-state index >= 15 is 0 Å². The third-order valence-electron chi connectivity index (χ3n) is 2.57. The number of hydrogen-bond donors (Lipinski definition) is 1. The van der Waals surface area contributed by atoms with Crippen LogP contribution in [0.1, 0.15) is 26.3 Å². The number of rotatable bonds is 6. The molecule has 1 heterocycles. The van der Waals surface area contributed by atoms with Crippen LogP contribution in [0.3, 0.4) is 0 Å². The summed E-state index contributed by atoms with van der Waals surface area (Å²) in [6, 6.07) is 0.0899. The highest BCUT2D eigenvalue weighted by Gasteiger charge is 2.15. The Labute approximate surface area is 103 Å². The molecule has 98 valence electrons. The third-order valence-corrected chi connectivity index (χ3v) is 4.76. The molecule has 1 aromatic heterocycles. The van der Waals surface area contributed by atoms with Gasteiger partial charge in [0.15, 0.2) is 9.84 Å². The van der Waals surface area contributed by atoms with Crippen LogP contribution < -0.4 is 5.73 Å². The Bertz CT molecular complexity index is 449. The second-order valence-electron chi connectivity index (χ2n) is 4.71. The van der Waals surface area contributed by atoms with Gasteiger partial charge in [0.2, 0.25) is 0 Å². The molecule has 0 aliphatic heterocycles. The highest BCUT2D eigenvalue weighted by atomic mass is 32.2. The van der Waals surface area contributed by atoms with Crippen molar-refractivity contribution in [1.82, 2.24) is 9.78 Å². The number of hydrogen-bond acceptors (Lipinski definition) is 4. The molecule has 0 aliphatic rings. The number of nitrogens with zero attached hydrogens (tertiary/aromatic N) is 2. The Morgan fingerprint density at radius 3 is 2.59 bits per heavy atom. The van der Waals surface area contributed by atoms with Crippen LogP contribution in [0.15, 0.2) is 12.4 Å². The molecule has 6 heteroatoms. The Hall–Kier alpha value is -0.880. The topological polar surface area (TPSA) is 78.0 Å². The van der Waals surface area contributed by atoms with Crippen molar-refractivity contribution in [2.75, 3.05) is 5.75 Å². The predicted molar refractivity (Wildman–Crippen MR) is 68.5 cm³/mol. The first-order valence-corrected chi connectivity index (χ1v) is 7.51. The standard InChI is InChI=1S/C11H21N3O2S/c1-9(2)17(15,16)5-4-14-8-11(7-13-14)6-10(3)12/h7-10H,4-6,12H2,1-3H3. The van der Waals surface area contributed by atoms with Gasteiger partial charge in [-0.2, -0.15) is 5.10 Å². The second kappa shape index (κ2) is 5.64. The Morgan fingerprint density at radius 1 is 1.41 bits per heavy atom. The van der Waals surface area contributed by atoms with Crippen LogP contribution in [0, 0.1) is 0 Å². The lowest BCUT2D eigenvalue weighted by molar-refractivity contribution is 0.572. The van der Waals surface area contributed by atoms with Gasteiger partial charge < -0.3 is 5.73 Å². The average Bonchev–Trinajstić information content (AvgIpc) is 2.61. The van der Waals surface area contributed by atoms with Gasteiger partial charge in [-0.1, -0.05) is 0 Å². The van der Waals surface area contributed by atoms with Crippen molar-refractivity contribution < 1.29 is 8.42 Å². The van der Waals surface area contributed by atoms with Crippen LogP contribution in [0.2, 0.25) is 0 Å². The molecule has 1 aromatic rings. The van der Waals surface area contributed by atoms with Gasteiger partial charge in [0.1, 0.15) is 0 Å². The number of sulfone groups is 1. The zero-order valence-corrected chi connectivity index (χ0v) is 11.4. The summed E-state index contributed by atoms with van der Waals surface area (Å²) < 4.78 is 24.9. The molecular weight excluding hydrogens is 238 g/mol. The molecule has 0 radical (unpaired) electrons. The van der Waals surface area contributed by atoms with Gasteiger partial charge in [0.05, 0.1) is 23.7 Å². The zero-order chi connectivity index (χ0) is 13.1. The fourth-order valence-corrected chi connectivity index (χ4v) is 2.38. The van der Waals surface area contributed by atoms with Crippen LogP contribution in [-0.2, 0) is 22.8 Å². The van der Waals surface area contributed by atoms with E-state index in [1.54, 1.807) is 24.7 Å². The van der Waals surface area contributed by atoms with E-state index in [2.05, 4.69) is 5.10 Å². The van der Waals surface area contributed by atoms with Crippen molar-refractivity contribution in [3.8, 4) is 0 Å². The van der Waals surface area contributed by atoms with Crippen molar-refractivity contribution in [1.29, 1.82) is 0 Å². The second-order valence-corrected chi connectivity index (χ2v) is 7.39. The van der Waals surface area contributed by atoms with Gasteiger partial charge in [-0.15, -0.1) is 0 Å². The molecule has 17 heavy (non-hydrogen) atoms. The molecule has 0 bridgehead atoms. The van der Waals surface area contributed by atoms with Crippen molar-refractivity contribution >= 4 is 9.84 Å². The first kappa shape index (κ1) is 14.2. The minimum atomic E-state index is -3.00. The summed E-state index contributed by atoms with van der Waals surface area (Å²) in [5.74, 6) is 0.129. The van der Waals surface area contributed by atoms with E-state index in [9.17, 15) is 8.42 Å². The molecule has 0 aliphatic carbocycles. The minimum absolute atomic E-state index is 0.0899. The van der Waals surface area contributed by atoms with E-state index < -0.39 is 9.84 Å². The van der Waals surface area contributed by atoms with Crippen molar-refractivity contribution in [3.63, 3.8) is 0 Å². The molecule has 0 saturated heterocycles. The van der Waals surface area contributed by atoms with Crippen LogP contribution in [-0.4, -0.2) is 35.2 Å². The quantitative estimate of drug-likeness (QED) is 0.811. The van der Waals surface area contributed by atoms with Gasteiger partial charge in [-0.05, 0) is 32.8 Å². The molecule has 1 unspecified atom stereocenters. The summed E-state index contributed by atoms with van der Waals surface area (Å²) in [7, 11) is -3.00. The Kier molecular flexibility index (Phi) is 4.70. The largest absolute Gasteiger partial charge is 0.328 e. The number of nitrogens with two attached hydrogens (primary N) is 1. The monoisotopic (exact) mass is 259 g/mol. The van der Waals surface area contributed by atoms with Crippen molar-refractivity contribution in [3.05, 3.63) is 18.0 Å². The normalized spacial score (nSPS) is 14.2. The van der Waals surface area contributed by atoms with E-state index in [4.69, 9.17) is 5.73 Å². The lowest BCUT2D eigenvalue weighted by Gasteiger charge is -2.07. The van der Waals surface area contributed by atoms with Gasteiger partial charge in [0.25, 0.3) is 0 Å². The Morgan fingerprint density at radius 2 is 2.06 bits per heavy atom. The summed E-state index contributed by atoms with van der Waals surface area (Å²) in [6.07, 6.45) is 4.36. The number of aromatic nitrogens is 2. The predicted octanol–water partition coefficient (Wildman–Crippen LogP) is 0.596. The lowest BCUT2D eigenvalue weighted by atomic mass is 10.1. The van der Waals surface area contributed by atoms with Gasteiger partial charge in [-0.3, -0.25) is 4.68 Å². The first-order chi connectivity index (χ1) is 7.81. The van der Waals surface area contributed by atoms with Crippen LogP contribution in [0.5, 0.6) is 0 Å². The van der Waals surface area contributed by atoms with Gasteiger partial charge in [-0.25, -0.2) is 8.42 Å². The molecule has 0 aromatic carbocycles. The highest BCUT2D eigenvalue weighted by molar-refractivity contribution is 7.91. The maximum absolute atomic E-state index is 11.6. The molecule has 1 atom stereocenters. The summed E-state index contributed by atoms with van der Waals surface area (Å²) >= 11 is 0. The smallest absolute Gasteiger partial charge is 0.154 e. The van der Waals surface area contributed by atoms with E-state index in [1.807, 2.05) is 13.1 Å². The minimum Gasteiger partial charge on any atom is -0.328 e. The molecule has 1 rings (SSSR count). The van der Waals surface area contributed by atoms with E-state index in [-0.39, 0.29) is 17.0 Å². The summed E-state index contributed by atoms with van der Waals surface area (Å²) in [4.78, 5) is 0. The van der Waals surface area contributed by atoms with Gasteiger partial charge >= 0.3 is 0 Å². The molecule has 0 saturated carbocycles. The third kappa shape index (κ3) is 4.47. The molecular formula is C11H21N3O2S. The number of aryl methyl sites for hydroxylation is 1. The van der Waals surface area contributed by atoms with Crippen LogP contribution in [0.4, 0.5) is 0 Å². The fourth-order valence-electron chi connectivity index (χ4n) is 1.46. The summed E-state index contributed by atoms with van der Waals surface area (Å²) in [5.41, 5.74) is 6.73. The highest BCUT2D eigenvalue weighted by Crippen LogP contribution is 2.04. The van der Waals surface area contributed by atoms with E-state index in [1.165, 1.54) is 0 Å². The average molecular weight is 259 g/mol. The van der Waals surface area contributed by atoms with Gasteiger partial charge in [0, 0.05) is 12.2 Å². The SMILES string of the molecule is CC(N)Cc1cnn(CCS(=O)(=O)C(C)C)c1. The summed E-state index contributed by atoms with van der Waals surface area (Å²) in [6.45, 7) is 5.72. The summed E-state index contributed by atoms with van der Waals surface area (Å²) in [5, 5.41) is 3.80. The van der Waals surface area contributed by atoms with Crippen LogP contribution >= 0.6 is 0 Å². The maximum atomic E-state index is 11.6. The maximum Gasteiger partial charge on any atom is 0.154 e. The van der Waals surface area contributed by atoms with Crippen LogP contribution in [0.25, 0.3) is 0 Å². The molecule has 2 N–H and O–H groups in total. The zero-order valence-electron chi connectivity index (χ0n) is 10.6. The molecule has 5 nitrogen and oxygen atoms in total. The van der Waals surface area contributed by atoms with Crippen molar-refractivity contribution in [2.45, 2.75) is 45.0 Å². The van der Waals surface area contributed by atoms with Crippen molar-refractivity contribution in [2.24, 2.45) is 5.73 Å². The fraction of sp³-hybridized carbons (Fsp3) is 0.727. The Balaban J connectivity index is 2.56. The lowest BCUT2D eigenvalue weighted by Crippen LogP contribution is -2.21. The molecule has 0 spiro atoms.